The second kappa shape index (κ2) is 4.08. The first-order valence-electron chi connectivity index (χ1n) is 5.05. The van der Waals surface area contributed by atoms with Crippen molar-refractivity contribution < 1.29 is 0 Å². The summed E-state index contributed by atoms with van der Waals surface area (Å²) in [6, 6.07) is 0. The van der Waals surface area contributed by atoms with E-state index in [0.29, 0.717) is 5.41 Å². The minimum Gasteiger partial charge on any atom is -0.313 e. The molecular formula is C11H21N. The van der Waals surface area contributed by atoms with Gasteiger partial charge in [-0.3, -0.25) is 0 Å². The molecule has 0 bridgehead atoms. The van der Waals surface area contributed by atoms with Crippen molar-refractivity contribution in [1.29, 1.82) is 0 Å². The second-order valence-electron chi connectivity index (χ2n) is 4.47. The molecule has 1 aliphatic rings. The highest BCUT2D eigenvalue weighted by molar-refractivity contribution is 5.13. The van der Waals surface area contributed by atoms with Gasteiger partial charge in [-0.1, -0.05) is 38.8 Å². The van der Waals surface area contributed by atoms with Crippen molar-refractivity contribution in [1.82, 2.24) is 5.32 Å². The third-order valence-electron chi connectivity index (χ3n) is 2.46. The van der Waals surface area contributed by atoms with E-state index in [1.165, 1.54) is 25.8 Å². The quantitative estimate of drug-likeness (QED) is 0.637. The van der Waals surface area contributed by atoms with Gasteiger partial charge in [0.1, 0.15) is 0 Å². The van der Waals surface area contributed by atoms with E-state index in [2.05, 4.69) is 32.2 Å². The molecule has 0 unspecified atom stereocenters. The molecule has 1 heteroatoms. The molecule has 70 valence electrons. The van der Waals surface area contributed by atoms with Crippen LogP contribution in [-0.2, 0) is 0 Å². The maximum Gasteiger partial charge on any atom is 0.0165 e. The molecule has 0 aromatic heterocycles. The highest BCUT2D eigenvalue weighted by Crippen LogP contribution is 2.26. The lowest BCUT2D eigenvalue weighted by Crippen LogP contribution is -2.09. The molecule has 0 spiro atoms. The number of hydrogen-bond donors (Lipinski definition) is 1. The van der Waals surface area contributed by atoms with E-state index in [9.17, 15) is 0 Å². The molecule has 1 aliphatic heterocycles. The van der Waals surface area contributed by atoms with Crippen molar-refractivity contribution in [2.75, 3.05) is 13.1 Å². The van der Waals surface area contributed by atoms with E-state index >= 15 is 0 Å². The maximum absolute atomic E-state index is 3.37. The molecule has 1 fully saturated rings. The minimum atomic E-state index is 0.413. The highest BCUT2D eigenvalue weighted by Gasteiger charge is 2.15. The Morgan fingerprint density at radius 1 is 1.50 bits per heavy atom. The van der Waals surface area contributed by atoms with Gasteiger partial charge in [0, 0.05) is 6.54 Å². The van der Waals surface area contributed by atoms with Gasteiger partial charge in [-0.25, -0.2) is 0 Å². The van der Waals surface area contributed by atoms with Crippen LogP contribution in [0.1, 0.15) is 40.0 Å². The van der Waals surface area contributed by atoms with Gasteiger partial charge in [0.2, 0.25) is 0 Å². The van der Waals surface area contributed by atoms with Crippen molar-refractivity contribution in [2.24, 2.45) is 5.41 Å². The van der Waals surface area contributed by atoms with Crippen molar-refractivity contribution in [3.63, 3.8) is 0 Å². The van der Waals surface area contributed by atoms with Gasteiger partial charge >= 0.3 is 0 Å². The summed E-state index contributed by atoms with van der Waals surface area (Å²) in [5.74, 6) is 0. The Morgan fingerprint density at radius 2 is 2.25 bits per heavy atom. The fourth-order valence-corrected chi connectivity index (χ4v) is 1.98. The molecule has 12 heavy (non-hydrogen) atoms. The van der Waals surface area contributed by atoms with Crippen LogP contribution in [0.4, 0.5) is 0 Å². The molecule has 1 heterocycles. The summed E-state index contributed by atoms with van der Waals surface area (Å²) in [5, 5.41) is 3.37. The van der Waals surface area contributed by atoms with Crippen LogP contribution in [0.2, 0.25) is 0 Å². The van der Waals surface area contributed by atoms with E-state index in [0.717, 1.165) is 6.54 Å². The molecule has 0 aliphatic carbocycles. The highest BCUT2D eigenvalue weighted by atomic mass is 14.9. The molecule has 1 rings (SSSR count). The average molecular weight is 167 g/mol. The van der Waals surface area contributed by atoms with Crippen LogP contribution in [0.25, 0.3) is 0 Å². The topological polar surface area (TPSA) is 12.0 Å². The summed E-state index contributed by atoms with van der Waals surface area (Å²) < 4.78 is 0. The Kier molecular flexibility index (Phi) is 3.33. The molecular weight excluding hydrogens is 146 g/mol. The number of rotatable bonds is 3. The van der Waals surface area contributed by atoms with Crippen LogP contribution < -0.4 is 5.32 Å². The minimum absolute atomic E-state index is 0.413. The Morgan fingerprint density at radius 3 is 2.75 bits per heavy atom. The summed E-state index contributed by atoms with van der Waals surface area (Å²) in [6.07, 6.45) is 6.31. The molecule has 0 radical (unpaired) electrons. The molecule has 0 aromatic carbocycles. The summed E-state index contributed by atoms with van der Waals surface area (Å²) in [6.45, 7) is 9.22. The van der Waals surface area contributed by atoms with Crippen LogP contribution in [0.3, 0.4) is 0 Å². The molecule has 0 aromatic rings. The fraction of sp³-hybridized carbons (Fsp3) is 0.818. The van der Waals surface area contributed by atoms with E-state index in [1.54, 1.807) is 5.57 Å². The zero-order valence-electron chi connectivity index (χ0n) is 8.61. The SMILES string of the molecule is CCCC(C)(C)/C=C1\CCNC1. The van der Waals surface area contributed by atoms with E-state index in [1.807, 2.05) is 0 Å². The summed E-state index contributed by atoms with van der Waals surface area (Å²) in [7, 11) is 0. The van der Waals surface area contributed by atoms with Gasteiger partial charge in [0.15, 0.2) is 0 Å². The smallest absolute Gasteiger partial charge is 0.0165 e. The van der Waals surface area contributed by atoms with Gasteiger partial charge < -0.3 is 5.32 Å². The average Bonchev–Trinajstić information content (AvgIpc) is 2.38. The first-order valence-corrected chi connectivity index (χ1v) is 5.05. The predicted molar refractivity (Wildman–Crippen MR) is 54.3 cm³/mol. The van der Waals surface area contributed by atoms with Gasteiger partial charge in [-0.15, -0.1) is 0 Å². The largest absolute Gasteiger partial charge is 0.313 e. The molecule has 0 saturated carbocycles. The second-order valence-corrected chi connectivity index (χ2v) is 4.47. The zero-order chi connectivity index (χ0) is 9.03. The lowest BCUT2D eigenvalue weighted by Gasteiger charge is -2.20. The summed E-state index contributed by atoms with van der Waals surface area (Å²) in [5.41, 5.74) is 2.02. The number of allylic oxidation sites excluding steroid dienone is 1. The van der Waals surface area contributed by atoms with Crippen LogP contribution in [0.5, 0.6) is 0 Å². The van der Waals surface area contributed by atoms with Crippen molar-refractivity contribution in [3.05, 3.63) is 11.6 Å². The van der Waals surface area contributed by atoms with Crippen LogP contribution in [-0.4, -0.2) is 13.1 Å². The van der Waals surface area contributed by atoms with Crippen LogP contribution in [0, 0.1) is 5.41 Å². The third kappa shape index (κ3) is 2.98. The zero-order valence-corrected chi connectivity index (χ0v) is 8.61. The standard InChI is InChI=1S/C11H21N/c1-4-6-11(2,3)8-10-5-7-12-9-10/h8,12H,4-7,9H2,1-3H3/b10-8+. The van der Waals surface area contributed by atoms with Crippen LogP contribution in [0.15, 0.2) is 11.6 Å². The normalized spacial score (nSPS) is 22.1. The van der Waals surface area contributed by atoms with Crippen molar-refractivity contribution >= 4 is 0 Å². The third-order valence-corrected chi connectivity index (χ3v) is 2.46. The first kappa shape index (κ1) is 9.79. The Labute approximate surface area is 76.2 Å². The monoisotopic (exact) mass is 167 g/mol. The maximum atomic E-state index is 3.37. The van der Waals surface area contributed by atoms with Crippen molar-refractivity contribution in [3.8, 4) is 0 Å². The lowest BCUT2D eigenvalue weighted by atomic mass is 9.86. The van der Waals surface area contributed by atoms with Gasteiger partial charge in [-0.2, -0.15) is 0 Å². The summed E-state index contributed by atoms with van der Waals surface area (Å²) in [4.78, 5) is 0. The molecule has 1 nitrogen and oxygen atoms in total. The lowest BCUT2D eigenvalue weighted by molar-refractivity contribution is 0.428. The van der Waals surface area contributed by atoms with E-state index in [4.69, 9.17) is 0 Å². The van der Waals surface area contributed by atoms with E-state index < -0.39 is 0 Å². The Bertz CT molecular complexity index is 160. The number of nitrogens with one attached hydrogen (secondary N) is 1. The first-order chi connectivity index (χ1) is 5.64. The Balaban J connectivity index is 2.50. The van der Waals surface area contributed by atoms with Crippen molar-refractivity contribution in [2.45, 2.75) is 40.0 Å². The molecule has 0 amide bonds. The molecule has 1 saturated heterocycles. The molecule has 1 N–H and O–H groups in total. The number of hydrogen-bond acceptors (Lipinski definition) is 1. The van der Waals surface area contributed by atoms with Gasteiger partial charge in [0.05, 0.1) is 0 Å². The van der Waals surface area contributed by atoms with Crippen LogP contribution >= 0.6 is 0 Å². The summed E-state index contributed by atoms with van der Waals surface area (Å²) >= 11 is 0. The Hall–Kier alpha value is -0.300. The van der Waals surface area contributed by atoms with Gasteiger partial charge in [0.25, 0.3) is 0 Å². The fourth-order valence-electron chi connectivity index (χ4n) is 1.98. The predicted octanol–water partition coefficient (Wildman–Crippen LogP) is 2.73. The molecule has 0 atom stereocenters. The van der Waals surface area contributed by atoms with Gasteiger partial charge in [-0.05, 0) is 24.8 Å². The van der Waals surface area contributed by atoms with E-state index in [-0.39, 0.29) is 0 Å².